The quantitative estimate of drug-likeness (QED) is 0.771. The fourth-order valence-corrected chi connectivity index (χ4v) is 3.27. The monoisotopic (exact) mass is 402 g/mol. The summed E-state index contributed by atoms with van der Waals surface area (Å²) in [5.41, 5.74) is 8.11. The first-order chi connectivity index (χ1) is 11.6. The molecule has 146 valence electrons. The molecule has 2 heterocycles. The summed E-state index contributed by atoms with van der Waals surface area (Å²) in [6, 6.07) is 0.351. The largest absolute Gasteiger partial charge is 0.349 e. The molecule has 9 heteroatoms. The molecule has 0 spiro atoms. The standard InChI is InChI=1S/C17H26N6O.2ClH/c1-3-22(4-2)10-12-8-19-16-15(9-20-23(16)11-12)17(24)21-14-6-5-13(18)7-14;;/h8-9,11,13-14H,3-7,10,18H2,1-2H3,(H,21,24);2*1H/t13-,14-;;/m1../s1. The number of amides is 1. The van der Waals surface area contributed by atoms with Gasteiger partial charge in [-0.3, -0.25) is 9.69 Å². The second-order valence-corrected chi connectivity index (χ2v) is 6.49. The van der Waals surface area contributed by atoms with Gasteiger partial charge in [-0.1, -0.05) is 13.8 Å². The maximum absolute atomic E-state index is 12.5. The van der Waals surface area contributed by atoms with Crippen LogP contribution in [0.4, 0.5) is 0 Å². The van der Waals surface area contributed by atoms with Crippen LogP contribution < -0.4 is 11.1 Å². The van der Waals surface area contributed by atoms with Crippen LogP contribution in [0.1, 0.15) is 49.0 Å². The summed E-state index contributed by atoms with van der Waals surface area (Å²) in [5.74, 6) is -0.118. The lowest BCUT2D eigenvalue weighted by Crippen LogP contribution is -2.34. The normalized spacial score (nSPS) is 19.2. The van der Waals surface area contributed by atoms with Crippen molar-refractivity contribution in [2.45, 2.75) is 51.7 Å². The average Bonchev–Trinajstić information content (AvgIpc) is 3.18. The van der Waals surface area contributed by atoms with Gasteiger partial charge in [0.1, 0.15) is 5.56 Å². The van der Waals surface area contributed by atoms with Crippen molar-refractivity contribution in [1.29, 1.82) is 0 Å². The Balaban J connectivity index is 0.00000169. The molecule has 2 aromatic rings. The van der Waals surface area contributed by atoms with E-state index < -0.39 is 0 Å². The molecule has 0 unspecified atom stereocenters. The summed E-state index contributed by atoms with van der Waals surface area (Å²) in [5, 5.41) is 7.35. The Labute approximate surface area is 166 Å². The van der Waals surface area contributed by atoms with E-state index in [4.69, 9.17) is 5.73 Å². The average molecular weight is 403 g/mol. The predicted octanol–water partition coefficient (Wildman–Crippen LogP) is 2.02. The minimum atomic E-state index is -0.118. The number of carbonyl (C=O) groups is 1. The van der Waals surface area contributed by atoms with Gasteiger partial charge in [0.2, 0.25) is 0 Å². The highest BCUT2D eigenvalue weighted by atomic mass is 35.5. The van der Waals surface area contributed by atoms with Crippen LogP contribution in [0.5, 0.6) is 0 Å². The van der Waals surface area contributed by atoms with Gasteiger partial charge >= 0.3 is 0 Å². The molecule has 0 radical (unpaired) electrons. The number of aromatic nitrogens is 3. The lowest BCUT2D eigenvalue weighted by Gasteiger charge is -2.17. The summed E-state index contributed by atoms with van der Waals surface area (Å²) in [4.78, 5) is 19.3. The molecule has 1 amide bonds. The molecule has 3 rings (SSSR count). The van der Waals surface area contributed by atoms with Crippen molar-refractivity contribution in [3.8, 4) is 0 Å². The van der Waals surface area contributed by atoms with Crippen molar-refractivity contribution < 1.29 is 4.79 Å². The van der Waals surface area contributed by atoms with E-state index in [0.29, 0.717) is 11.2 Å². The van der Waals surface area contributed by atoms with Crippen LogP contribution in [0.2, 0.25) is 0 Å². The highest BCUT2D eigenvalue weighted by molar-refractivity contribution is 5.99. The van der Waals surface area contributed by atoms with Gasteiger partial charge in [-0.05, 0) is 32.4 Å². The Morgan fingerprint density at radius 3 is 2.65 bits per heavy atom. The van der Waals surface area contributed by atoms with E-state index in [2.05, 4.69) is 34.1 Å². The van der Waals surface area contributed by atoms with Crippen LogP contribution in [0.3, 0.4) is 0 Å². The number of carbonyl (C=O) groups excluding carboxylic acids is 1. The van der Waals surface area contributed by atoms with Gasteiger partial charge in [0, 0.05) is 36.6 Å². The zero-order valence-electron chi connectivity index (χ0n) is 15.2. The smallest absolute Gasteiger partial charge is 0.256 e. The number of nitrogens with zero attached hydrogens (tertiary/aromatic N) is 4. The first-order valence-electron chi connectivity index (χ1n) is 8.71. The van der Waals surface area contributed by atoms with Gasteiger partial charge in [-0.15, -0.1) is 24.8 Å². The van der Waals surface area contributed by atoms with Crippen molar-refractivity contribution in [3.63, 3.8) is 0 Å². The zero-order valence-corrected chi connectivity index (χ0v) is 16.9. The Kier molecular flexibility index (Phi) is 8.76. The van der Waals surface area contributed by atoms with Crippen molar-refractivity contribution in [3.05, 3.63) is 29.7 Å². The number of halogens is 2. The molecule has 0 bridgehead atoms. The summed E-state index contributed by atoms with van der Waals surface area (Å²) < 4.78 is 1.69. The minimum absolute atomic E-state index is 0. The lowest BCUT2D eigenvalue weighted by molar-refractivity contribution is 0.0939. The Morgan fingerprint density at radius 1 is 1.31 bits per heavy atom. The third-order valence-corrected chi connectivity index (χ3v) is 4.76. The fraction of sp³-hybridized carbons (Fsp3) is 0.588. The lowest BCUT2D eigenvalue weighted by atomic mass is 10.2. The Bertz CT molecular complexity index is 718. The van der Waals surface area contributed by atoms with Crippen molar-refractivity contribution >= 4 is 36.4 Å². The van der Waals surface area contributed by atoms with Crippen LogP contribution in [-0.4, -0.2) is 50.6 Å². The Morgan fingerprint density at radius 2 is 2.04 bits per heavy atom. The van der Waals surface area contributed by atoms with E-state index in [1.807, 2.05) is 12.4 Å². The maximum Gasteiger partial charge on any atom is 0.256 e. The van der Waals surface area contributed by atoms with Crippen molar-refractivity contribution in [2.75, 3.05) is 13.1 Å². The first kappa shape index (κ1) is 22.6. The molecule has 1 saturated carbocycles. The molecular weight excluding hydrogens is 375 g/mol. The summed E-state index contributed by atoms with van der Waals surface area (Å²) in [7, 11) is 0. The van der Waals surface area contributed by atoms with Crippen LogP contribution >= 0.6 is 24.8 Å². The minimum Gasteiger partial charge on any atom is -0.349 e. The molecule has 2 aromatic heterocycles. The molecule has 3 N–H and O–H groups in total. The molecule has 26 heavy (non-hydrogen) atoms. The van der Waals surface area contributed by atoms with Gasteiger partial charge in [-0.25, -0.2) is 9.50 Å². The van der Waals surface area contributed by atoms with E-state index >= 15 is 0 Å². The van der Waals surface area contributed by atoms with E-state index in [9.17, 15) is 4.79 Å². The van der Waals surface area contributed by atoms with Crippen LogP contribution in [0.15, 0.2) is 18.6 Å². The Hall–Kier alpha value is -1.41. The maximum atomic E-state index is 12.5. The molecule has 0 aliphatic heterocycles. The van der Waals surface area contributed by atoms with Gasteiger partial charge < -0.3 is 11.1 Å². The summed E-state index contributed by atoms with van der Waals surface area (Å²) in [6.07, 6.45) is 8.11. The van der Waals surface area contributed by atoms with Gasteiger partial charge in [-0.2, -0.15) is 5.10 Å². The molecular formula is C17H28Cl2N6O. The molecule has 1 fully saturated rings. The van der Waals surface area contributed by atoms with Crippen LogP contribution in [-0.2, 0) is 6.54 Å². The SMILES string of the molecule is CCN(CC)Cc1cnc2c(C(=O)N[C@@H]3CC[C@@H](N)C3)cnn2c1.Cl.Cl. The number of nitrogens with one attached hydrogen (secondary N) is 1. The first-order valence-corrected chi connectivity index (χ1v) is 8.71. The predicted molar refractivity (Wildman–Crippen MR) is 107 cm³/mol. The summed E-state index contributed by atoms with van der Waals surface area (Å²) in [6.45, 7) is 7.09. The third-order valence-electron chi connectivity index (χ3n) is 4.76. The number of nitrogens with two attached hydrogens (primary N) is 1. The molecule has 0 aromatic carbocycles. The molecule has 0 saturated heterocycles. The molecule has 1 aliphatic carbocycles. The van der Waals surface area contributed by atoms with E-state index in [1.165, 1.54) is 0 Å². The molecule has 7 nitrogen and oxygen atoms in total. The van der Waals surface area contributed by atoms with Crippen LogP contribution in [0.25, 0.3) is 5.65 Å². The molecule has 1 aliphatic rings. The second kappa shape index (κ2) is 10.1. The second-order valence-electron chi connectivity index (χ2n) is 6.49. The highest BCUT2D eigenvalue weighted by Gasteiger charge is 2.25. The third kappa shape index (κ3) is 5.07. The molecule has 2 atom stereocenters. The number of hydrogen-bond donors (Lipinski definition) is 2. The van der Waals surface area contributed by atoms with Crippen molar-refractivity contribution in [2.24, 2.45) is 5.73 Å². The summed E-state index contributed by atoms with van der Waals surface area (Å²) >= 11 is 0. The van der Waals surface area contributed by atoms with Gasteiger partial charge in [0.25, 0.3) is 5.91 Å². The topological polar surface area (TPSA) is 88.5 Å². The zero-order chi connectivity index (χ0) is 17.1. The van der Waals surface area contributed by atoms with E-state index in [-0.39, 0.29) is 42.8 Å². The van der Waals surface area contributed by atoms with Crippen molar-refractivity contribution in [1.82, 2.24) is 24.8 Å². The fourth-order valence-electron chi connectivity index (χ4n) is 3.27. The number of fused-ring (bicyclic) bond motifs is 1. The van der Waals surface area contributed by atoms with E-state index in [1.54, 1.807) is 10.7 Å². The number of rotatable bonds is 6. The van der Waals surface area contributed by atoms with E-state index in [0.717, 1.165) is 44.5 Å². The van der Waals surface area contributed by atoms with Gasteiger partial charge in [0.15, 0.2) is 5.65 Å². The number of hydrogen-bond acceptors (Lipinski definition) is 5. The van der Waals surface area contributed by atoms with Crippen LogP contribution in [0, 0.1) is 0 Å². The highest BCUT2D eigenvalue weighted by Crippen LogP contribution is 2.18. The van der Waals surface area contributed by atoms with Gasteiger partial charge in [0.05, 0.1) is 6.20 Å².